The van der Waals surface area contributed by atoms with Crippen LogP contribution in [0.2, 0.25) is 0 Å². The minimum Gasteiger partial charge on any atom is -0.379 e. The van der Waals surface area contributed by atoms with E-state index in [-0.39, 0.29) is 18.1 Å². The van der Waals surface area contributed by atoms with E-state index in [2.05, 4.69) is 15.2 Å². The Kier molecular flexibility index (Phi) is 8.98. The summed E-state index contributed by atoms with van der Waals surface area (Å²) >= 11 is 1.39. The highest BCUT2D eigenvalue weighted by Gasteiger charge is 2.35. The Morgan fingerprint density at radius 2 is 1.68 bits per heavy atom. The molecule has 1 saturated heterocycles. The largest absolute Gasteiger partial charge is 0.416 e. The molecule has 5 rings (SSSR count). The van der Waals surface area contributed by atoms with Crippen LogP contribution in [0.15, 0.2) is 78.9 Å². The van der Waals surface area contributed by atoms with Crippen LogP contribution in [-0.4, -0.2) is 66.8 Å². The number of morpholine rings is 1. The zero-order chi connectivity index (χ0) is 28.0. The standard InChI is InChI=1S/C30H31F3N4O2S/c31-30(32,33)25-11-5-4-10-24(25)23(22-8-2-1-3-9-22)14-15-37(17-16-36-18-20-39-21-19-36)29(38)35-28-34-26-12-6-7-13-27(26)40-28/h1-13,23H,14-21H2,(H,34,35,38). The van der Waals surface area contributed by atoms with Crippen LogP contribution in [0.25, 0.3) is 10.2 Å². The number of carbonyl (C=O) groups excluding carboxylic acids is 1. The number of ether oxygens (including phenoxy) is 1. The van der Waals surface area contributed by atoms with E-state index in [0.29, 0.717) is 37.9 Å². The molecule has 0 bridgehead atoms. The number of fused-ring (bicyclic) bond motifs is 1. The molecule has 1 unspecified atom stereocenters. The topological polar surface area (TPSA) is 57.7 Å². The smallest absolute Gasteiger partial charge is 0.379 e. The highest BCUT2D eigenvalue weighted by atomic mass is 32.1. The summed E-state index contributed by atoms with van der Waals surface area (Å²) in [6, 6.07) is 22.2. The van der Waals surface area contributed by atoms with Crippen molar-refractivity contribution in [2.24, 2.45) is 0 Å². The quantitative estimate of drug-likeness (QED) is 0.244. The maximum Gasteiger partial charge on any atom is 0.416 e. The molecular formula is C30H31F3N4O2S. The molecule has 1 atom stereocenters. The van der Waals surface area contributed by atoms with Gasteiger partial charge < -0.3 is 9.64 Å². The maximum atomic E-state index is 14.0. The first-order valence-corrected chi connectivity index (χ1v) is 14.1. The zero-order valence-corrected chi connectivity index (χ0v) is 22.8. The first-order valence-electron chi connectivity index (χ1n) is 13.3. The lowest BCUT2D eigenvalue weighted by Gasteiger charge is -2.31. The molecule has 40 heavy (non-hydrogen) atoms. The van der Waals surface area contributed by atoms with Gasteiger partial charge in [0, 0.05) is 38.6 Å². The molecule has 10 heteroatoms. The molecule has 3 aromatic carbocycles. The number of nitrogens with one attached hydrogen (secondary N) is 1. The van der Waals surface area contributed by atoms with Crippen LogP contribution in [0.1, 0.15) is 29.0 Å². The lowest BCUT2D eigenvalue weighted by Crippen LogP contribution is -2.44. The number of aromatic nitrogens is 1. The van der Waals surface area contributed by atoms with Crippen LogP contribution < -0.4 is 5.32 Å². The van der Waals surface area contributed by atoms with Gasteiger partial charge in [-0.3, -0.25) is 10.2 Å². The van der Waals surface area contributed by atoms with Crippen LogP contribution in [0, 0.1) is 0 Å². The van der Waals surface area contributed by atoms with Crippen LogP contribution in [-0.2, 0) is 10.9 Å². The van der Waals surface area contributed by atoms with Crippen molar-refractivity contribution in [1.82, 2.24) is 14.8 Å². The van der Waals surface area contributed by atoms with E-state index in [0.717, 1.165) is 34.9 Å². The first kappa shape index (κ1) is 28.1. The van der Waals surface area contributed by atoms with Crippen molar-refractivity contribution in [2.45, 2.75) is 18.5 Å². The fraction of sp³-hybridized carbons (Fsp3) is 0.333. The number of amides is 2. The lowest BCUT2D eigenvalue weighted by molar-refractivity contribution is -0.138. The molecule has 0 saturated carbocycles. The molecular weight excluding hydrogens is 537 g/mol. The van der Waals surface area contributed by atoms with Gasteiger partial charge in [-0.25, -0.2) is 9.78 Å². The number of thiazole rings is 1. The van der Waals surface area contributed by atoms with Crippen molar-refractivity contribution in [3.05, 3.63) is 95.6 Å². The Balaban J connectivity index is 1.39. The van der Waals surface area contributed by atoms with Gasteiger partial charge >= 0.3 is 12.2 Å². The predicted octanol–water partition coefficient (Wildman–Crippen LogP) is 6.70. The second-order valence-corrected chi connectivity index (χ2v) is 10.7. The third-order valence-corrected chi connectivity index (χ3v) is 8.07. The maximum absolute atomic E-state index is 14.0. The first-order chi connectivity index (χ1) is 19.4. The summed E-state index contributed by atoms with van der Waals surface area (Å²) in [6.07, 6.45) is -4.16. The van der Waals surface area contributed by atoms with Crippen LogP contribution >= 0.6 is 11.3 Å². The van der Waals surface area contributed by atoms with Crippen LogP contribution in [0.5, 0.6) is 0 Å². The van der Waals surface area contributed by atoms with Gasteiger partial charge in [0.05, 0.1) is 29.0 Å². The molecule has 0 spiro atoms. The van der Waals surface area contributed by atoms with E-state index < -0.39 is 17.7 Å². The van der Waals surface area contributed by atoms with Crippen molar-refractivity contribution < 1.29 is 22.7 Å². The summed E-state index contributed by atoms with van der Waals surface area (Å²) in [7, 11) is 0. The predicted molar refractivity (Wildman–Crippen MR) is 152 cm³/mol. The number of rotatable bonds is 9. The van der Waals surface area contributed by atoms with Gasteiger partial charge in [0.15, 0.2) is 5.13 Å². The Morgan fingerprint density at radius 3 is 2.42 bits per heavy atom. The van der Waals surface area contributed by atoms with Gasteiger partial charge in [-0.15, -0.1) is 0 Å². The number of alkyl halides is 3. The van der Waals surface area contributed by atoms with Crippen molar-refractivity contribution in [2.75, 3.05) is 51.3 Å². The number of carbonyl (C=O) groups is 1. The molecule has 210 valence electrons. The summed E-state index contributed by atoms with van der Waals surface area (Å²) in [5.74, 6) is -0.542. The number of hydrogen-bond acceptors (Lipinski definition) is 5. The number of para-hydroxylation sites is 1. The zero-order valence-electron chi connectivity index (χ0n) is 21.9. The van der Waals surface area contributed by atoms with Crippen molar-refractivity contribution >= 4 is 32.7 Å². The number of hydrogen-bond donors (Lipinski definition) is 1. The summed E-state index contributed by atoms with van der Waals surface area (Å²) in [6.45, 7) is 4.18. The Labute approximate surface area is 235 Å². The molecule has 4 aromatic rings. The summed E-state index contributed by atoms with van der Waals surface area (Å²) in [4.78, 5) is 22.0. The Hall–Kier alpha value is -3.47. The average Bonchev–Trinajstić information content (AvgIpc) is 3.38. The molecule has 1 aliphatic heterocycles. The van der Waals surface area contributed by atoms with Gasteiger partial charge in [0.1, 0.15) is 0 Å². The van der Waals surface area contributed by atoms with E-state index in [1.54, 1.807) is 17.0 Å². The molecule has 2 heterocycles. The number of nitrogens with zero attached hydrogens (tertiary/aromatic N) is 3. The molecule has 0 aliphatic carbocycles. The summed E-state index contributed by atoms with van der Waals surface area (Å²) in [5, 5.41) is 3.42. The van der Waals surface area contributed by atoms with Gasteiger partial charge in [0.2, 0.25) is 0 Å². The van der Waals surface area contributed by atoms with E-state index in [1.165, 1.54) is 17.4 Å². The second-order valence-electron chi connectivity index (χ2n) is 9.69. The molecule has 1 N–H and O–H groups in total. The van der Waals surface area contributed by atoms with Gasteiger partial charge in [-0.1, -0.05) is 72.0 Å². The second kappa shape index (κ2) is 12.8. The minimum atomic E-state index is -4.48. The SMILES string of the molecule is O=C(Nc1nc2ccccc2s1)N(CCC(c1ccccc1)c1ccccc1C(F)(F)F)CCN1CCOCC1. The highest BCUT2D eigenvalue weighted by Crippen LogP contribution is 2.39. The van der Waals surface area contributed by atoms with Crippen LogP contribution in [0.4, 0.5) is 23.1 Å². The van der Waals surface area contributed by atoms with Crippen molar-refractivity contribution in [1.29, 1.82) is 0 Å². The molecule has 6 nitrogen and oxygen atoms in total. The van der Waals surface area contributed by atoms with Gasteiger partial charge in [-0.05, 0) is 35.7 Å². The average molecular weight is 569 g/mol. The highest BCUT2D eigenvalue weighted by molar-refractivity contribution is 7.22. The van der Waals surface area contributed by atoms with Gasteiger partial charge in [0.25, 0.3) is 0 Å². The third-order valence-electron chi connectivity index (χ3n) is 7.12. The molecule has 1 fully saturated rings. The van der Waals surface area contributed by atoms with Gasteiger partial charge in [-0.2, -0.15) is 13.2 Å². The third kappa shape index (κ3) is 6.99. The summed E-state index contributed by atoms with van der Waals surface area (Å²) < 4.78 is 48.4. The number of urea groups is 1. The fourth-order valence-electron chi connectivity index (χ4n) is 5.03. The molecule has 2 amide bonds. The lowest BCUT2D eigenvalue weighted by atomic mass is 9.85. The van der Waals surface area contributed by atoms with Crippen LogP contribution in [0.3, 0.4) is 0 Å². The molecule has 0 radical (unpaired) electrons. The summed E-state index contributed by atoms with van der Waals surface area (Å²) in [5.41, 5.74) is 1.14. The number of benzene rings is 3. The van der Waals surface area contributed by atoms with E-state index in [1.807, 2.05) is 54.6 Å². The molecule has 1 aliphatic rings. The normalized spacial score (nSPS) is 15.2. The Bertz CT molecular complexity index is 1370. The monoisotopic (exact) mass is 568 g/mol. The van der Waals surface area contributed by atoms with E-state index in [9.17, 15) is 18.0 Å². The fourth-order valence-corrected chi connectivity index (χ4v) is 5.88. The number of anilines is 1. The van der Waals surface area contributed by atoms with E-state index in [4.69, 9.17) is 4.74 Å². The van der Waals surface area contributed by atoms with Crippen molar-refractivity contribution in [3.8, 4) is 0 Å². The number of halogens is 3. The molecule has 1 aromatic heterocycles. The van der Waals surface area contributed by atoms with E-state index >= 15 is 0 Å². The van der Waals surface area contributed by atoms with Crippen molar-refractivity contribution in [3.63, 3.8) is 0 Å². The minimum absolute atomic E-state index is 0.209. The Morgan fingerprint density at radius 1 is 0.975 bits per heavy atom.